The molecule has 6 atom stereocenters. The lowest BCUT2D eigenvalue weighted by atomic mass is 10.1. The number of aliphatic hydroxyl groups excluding tert-OH is 1. The van der Waals surface area contributed by atoms with E-state index in [0.29, 0.717) is 25.9 Å². The SMILES string of the molecule is CC(C)(C)OC(=O)CN1CC(O)CC1C(=O)O.COC1CC(C(C)=O)N(CC(=O)OC(C)(C)C)C1.COC1CC(C(C)=O)N(CC(=O)[O-])C1. The standard InChI is InChI=1S/C13H23NO4.C11H19NO5.C9H15NO4/c1-9(15)11-6-10(17-5)7-14(11)8-12(16)18-13(2,3)4;1-11(2,3)17-9(14)6-12-5-7(13)4-8(12)10(15)16;1-6(11)8-3-7(14-2)4-10(8)5-9(12)13/h10-11H,6-8H2,1-5H3;7-8,13H,4-6H2,1-3H3,(H,15,16);7-8H,3-5H2,1-2H3,(H,12,13)/p-1. The van der Waals surface area contributed by atoms with Crippen molar-refractivity contribution in [3.63, 3.8) is 0 Å². The van der Waals surface area contributed by atoms with Gasteiger partial charge >= 0.3 is 17.9 Å². The van der Waals surface area contributed by atoms with Crippen molar-refractivity contribution in [2.75, 3.05) is 53.5 Å². The molecule has 3 heterocycles. The zero-order chi connectivity index (χ0) is 37.9. The first-order valence-corrected chi connectivity index (χ1v) is 16.3. The molecule has 49 heavy (non-hydrogen) atoms. The lowest BCUT2D eigenvalue weighted by Gasteiger charge is -2.24. The molecule has 3 rings (SSSR count). The number of Topliss-reactive ketones (excluding diaryl/α,β-unsaturated/α-hetero) is 2. The molecule has 0 radical (unpaired) electrons. The predicted octanol–water partition coefficient (Wildman–Crippen LogP) is -0.731. The fourth-order valence-electron chi connectivity index (χ4n) is 5.82. The maximum Gasteiger partial charge on any atom is 0.321 e. The van der Waals surface area contributed by atoms with E-state index in [1.165, 1.54) is 11.8 Å². The number of carbonyl (C=O) groups is 6. The normalized spacial score (nSPS) is 26.2. The Morgan fingerprint density at radius 3 is 1.33 bits per heavy atom. The van der Waals surface area contributed by atoms with Crippen LogP contribution < -0.4 is 5.11 Å². The second-order valence-corrected chi connectivity index (χ2v) is 14.5. The lowest BCUT2D eigenvalue weighted by Crippen LogP contribution is -2.43. The van der Waals surface area contributed by atoms with Crippen LogP contribution in [0.3, 0.4) is 0 Å². The molecule has 3 fully saturated rings. The third kappa shape index (κ3) is 16.5. The van der Waals surface area contributed by atoms with E-state index >= 15 is 0 Å². The molecule has 3 aliphatic heterocycles. The number of ether oxygens (including phenoxy) is 4. The monoisotopic (exact) mass is 702 g/mol. The number of likely N-dealkylation sites (tertiary alicyclic amines) is 3. The molecule has 0 aliphatic carbocycles. The molecule has 0 amide bonds. The van der Waals surface area contributed by atoms with E-state index in [2.05, 4.69) is 0 Å². The molecule has 282 valence electrons. The zero-order valence-corrected chi connectivity index (χ0v) is 30.6. The van der Waals surface area contributed by atoms with Crippen molar-refractivity contribution in [1.82, 2.24) is 14.7 Å². The smallest absolute Gasteiger partial charge is 0.321 e. The van der Waals surface area contributed by atoms with Gasteiger partial charge < -0.3 is 39.1 Å². The average molecular weight is 703 g/mol. The van der Waals surface area contributed by atoms with Gasteiger partial charge in [0, 0.05) is 46.8 Å². The summed E-state index contributed by atoms with van der Waals surface area (Å²) in [6.45, 7) is 14.8. The van der Waals surface area contributed by atoms with Crippen LogP contribution in [0.2, 0.25) is 0 Å². The molecule has 3 saturated heterocycles. The number of nitrogens with zero attached hydrogens (tertiary/aromatic N) is 3. The van der Waals surface area contributed by atoms with Gasteiger partial charge in [-0.05, 0) is 68.2 Å². The van der Waals surface area contributed by atoms with E-state index in [0.717, 1.165) is 0 Å². The fraction of sp³-hybridized carbons (Fsp3) is 0.818. The van der Waals surface area contributed by atoms with Gasteiger partial charge in [0.2, 0.25) is 0 Å². The minimum absolute atomic E-state index is 0.0151. The first kappa shape index (κ1) is 44.0. The molecule has 0 aromatic rings. The van der Waals surface area contributed by atoms with E-state index in [4.69, 9.17) is 24.1 Å². The topological polar surface area (TPSA) is 213 Å². The molecule has 3 aliphatic rings. The van der Waals surface area contributed by atoms with Crippen molar-refractivity contribution >= 4 is 35.4 Å². The van der Waals surface area contributed by atoms with Crippen LogP contribution in [-0.2, 0) is 47.7 Å². The maximum absolute atomic E-state index is 11.8. The lowest BCUT2D eigenvalue weighted by molar-refractivity contribution is -0.306. The van der Waals surface area contributed by atoms with Gasteiger partial charge in [-0.25, -0.2) is 0 Å². The van der Waals surface area contributed by atoms with Crippen LogP contribution in [-0.4, -0.2) is 161 Å². The number of methoxy groups -OCH3 is 2. The van der Waals surface area contributed by atoms with Crippen molar-refractivity contribution in [3.05, 3.63) is 0 Å². The molecule has 0 bridgehead atoms. The minimum Gasteiger partial charge on any atom is -0.549 e. The number of aliphatic hydroxyl groups is 1. The predicted molar refractivity (Wildman–Crippen MR) is 173 cm³/mol. The molecule has 16 heteroatoms. The summed E-state index contributed by atoms with van der Waals surface area (Å²) in [5, 5.41) is 28.8. The number of carboxylic acids is 2. The maximum atomic E-state index is 11.8. The first-order valence-electron chi connectivity index (χ1n) is 16.3. The molecule has 0 aromatic carbocycles. The molecule has 0 spiro atoms. The highest BCUT2D eigenvalue weighted by Gasteiger charge is 2.38. The number of β-amino-alcohol motifs (C(OH)–C–C–N with tert-alkyl or cyclic N) is 1. The minimum atomic E-state index is -1.16. The zero-order valence-electron chi connectivity index (χ0n) is 30.6. The van der Waals surface area contributed by atoms with Crippen molar-refractivity contribution in [2.45, 2.75) is 122 Å². The number of aliphatic carboxylic acids is 2. The van der Waals surface area contributed by atoms with Crippen molar-refractivity contribution in [1.29, 1.82) is 0 Å². The van der Waals surface area contributed by atoms with Crippen molar-refractivity contribution < 1.29 is 63.0 Å². The van der Waals surface area contributed by atoms with Crippen molar-refractivity contribution in [3.8, 4) is 0 Å². The molecule has 0 saturated carbocycles. The number of ketones is 2. The molecule has 0 aromatic heterocycles. The van der Waals surface area contributed by atoms with Gasteiger partial charge in [-0.2, -0.15) is 0 Å². The second kappa shape index (κ2) is 19.4. The van der Waals surface area contributed by atoms with Crippen LogP contribution in [0.15, 0.2) is 0 Å². The van der Waals surface area contributed by atoms with E-state index in [9.17, 15) is 39.0 Å². The van der Waals surface area contributed by atoms with Crippen LogP contribution in [0.25, 0.3) is 0 Å². The average Bonchev–Trinajstić information content (AvgIpc) is 3.63. The summed E-state index contributed by atoms with van der Waals surface area (Å²) in [5.74, 6) is -2.91. The first-order chi connectivity index (χ1) is 22.5. The van der Waals surface area contributed by atoms with E-state index in [1.54, 1.807) is 46.8 Å². The summed E-state index contributed by atoms with van der Waals surface area (Å²) in [5.41, 5.74) is -1.09. The molecular formula is C33H56N3O13-. The summed E-state index contributed by atoms with van der Waals surface area (Å²) >= 11 is 0. The largest absolute Gasteiger partial charge is 0.549 e. The van der Waals surface area contributed by atoms with Crippen molar-refractivity contribution in [2.24, 2.45) is 0 Å². The van der Waals surface area contributed by atoms with E-state index < -0.39 is 41.3 Å². The Kier molecular flexibility index (Phi) is 17.4. The fourth-order valence-corrected chi connectivity index (χ4v) is 5.82. The highest BCUT2D eigenvalue weighted by molar-refractivity contribution is 5.83. The van der Waals surface area contributed by atoms with E-state index in [-0.39, 0.29) is 74.4 Å². The molecule has 16 nitrogen and oxygen atoms in total. The molecule has 6 unspecified atom stereocenters. The number of rotatable bonds is 11. The number of hydrogen-bond acceptors (Lipinski definition) is 15. The number of carbonyl (C=O) groups excluding carboxylic acids is 5. The summed E-state index contributed by atoms with van der Waals surface area (Å²) in [6.07, 6.45) is 0.634. The molecule has 2 N–H and O–H groups in total. The van der Waals surface area contributed by atoms with Crippen LogP contribution in [0.1, 0.15) is 74.7 Å². The van der Waals surface area contributed by atoms with Gasteiger partial charge in [0.1, 0.15) is 28.8 Å². The van der Waals surface area contributed by atoms with Gasteiger partial charge in [-0.1, -0.05) is 0 Å². The third-order valence-corrected chi connectivity index (χ3v) is 7.84. The Bertz CT molecular complexity index is 1150. The Morgan fingerprint density at radius 2 is 1.02 bits per heavy atom. The summed E-state index contributed by atoms with van der Waals surface area (Å²) in [4.78, 5) is 72.2. The summed E-state index contributed by atoms with van der Waals surface area (Å²) in [6, 6.07) is -1.38. The summed E-state index contributed by atoms with van der Waals surface area (Å²) in [7, 11) is 3.18. The Hall–Kier alpha value is -3.02. The Balaban J connectivity index is 0.000000370. The van der Waals surface area contributed by atoms with Gasteiger partial charge in [-0.3, -0.25) is 38.7 Å². The molecular weight excluding hydrogens is 646 g/mol. The number of esters is 2. The number of hydrogen-bond donors (Lipinski definition) is 2. The van der Waals surface area contributed by atoms with Gasteiger partial charge in [0.15, 0.2) is 0 Å². The Labute approximate surface area is 288 Å². The quantitative estimate of drug-likeness (QED) is 0.254. The second-order valence-electron chi connectivity index (χ2n) is 14.5. The van der Waals surface area contributed by atoms with Crippen LogP contribution in [0.4, 0.5) is 0 Å². The van der Waals surface area contributed by atoms with Gasteiger partial charge in [0.25, 0.3) is 0 Å². The van der Waals surface area contributed by atoms with Crippen LogP contribution >= 0.6 is 0 Å². The van der Waals surface area contributed by atoms with E-state index in [1.807, 2.05) is 25.7 Å². The van der Waals surface area contributed by atoms with Gasteiger partial charge in [-0.15, -0.1) is 0 Å². The highest BCUT2D eigenvalue weighted by Crippen LogP contribution is 2.22. The van der Waals surface area contributed by atoms with Crippen LogP contribution in [0.5, 0.6) is 0 Å². The van der Waals surface area contributed by atoms with Crippen LogP contribution in [0, 0.1) is 0 Å². The third-order valence-electron chi connectivity index (χ3n) is 7.84. The Morgan fingerprint density at radius 1 is 0.653 bits per heavy atom. The van der Waals surface area contributed by atoms with Gasteiger partial charge in [0.05, 0.1) is 49.5 Å². The highest BCUT2D eigenvalue weighted by atomic mass is 16.6. The summed E-state index contributed by atoms with van der Waals surface area (Å²) < 4.78 is 20.7. The number of carboxylic acid groups (broad SMARTS) is 2.